The van der Waals surface area contributed by atoms with E-state index in [1.165, 1.54) is 11.1 Å². The molecule has 3 rings (SSSR count). The van der Waals surface area contributed by atoms with Gasteiger partial charge in [0.1, 0.15) is 5.75 Å². The summed E-state index contributed by atoms with van der Waals surface area (Å²) in [4.78, 5) is 0. The Bertz CT molecular complexity index is 738. The van der Waals surface area contributed by atoms with Gasteiger partial charge < -0.3 is 4.74 Å². The van der Waals surface area contributed by atoms with Gasteiger partial charge in [0.25, 0.3) is 0 Å². The van der Waals surface area contributed by atoms with E-state index < -0.39 is 0 Å². The highest BCUT2D eigenvalue weighted by molar-refractivity contribution is 6.31. The minimum absolute atomic E-state index is 0.502. The Hall–Kier alpha value is -2.26. The second kappa shape index (κ2) is 6.02. The molecule has 3 aromatic rings. The Kier molecular flexibility index (Phi) is 3.93. The molecule has 1 heterocycles. The molecule has 0 radical (unpaired) electrons. The molecule has 4 heteroatoms. The van der Waals surface area contributed by atoms with Crippen molar-refractivity contribution in [3.63, 3.8) is 0 Å². The molecule has 3 nitrogen and oxygen atoms in total. The number of hydrogen-bond donors (Lipinski definition) is 0. The monoisotopic (exact) mass is 298 g/mol. The zero-order chi connectivity index (χ0) is 14.7. The van der Waals surface area contributed by atoms with Crippen molar-refractivity contribution in [2.45, 2.75) is 13.5 Å². The molecule has 0 aliphatic rings. The number of benzene rings is 2. The van der Waals surface area contributed by atoms with Gasteiger partial charge in [0.05, 0.1) is 12.7 Å². The van der Waals surface area contributed by atoms with Crippen molar-refractivity contribution in [2.24, 2.45) is 0 Å². The zero-order valence-electron chi connectivity index (χ0n) is 11.7. The van der Waals surface area contributed by atoms with Crippen molar-refractivity contribution >= 4 is 11.6 Å². The van der Waals surface area contributed by atoms with E-state index in [0.29, 0.717) is 17.4 Å². The predicted molar refractivity (Wildman–Crippen MR) is 84.0 cm³/mol. The van der Waals surface area contributed by atoms with Gasteiger partial charge in [-0.05, 0) is 30.2 Å². The lowest BCUT2D eigenvalue weighted by molar-refractivity contribution is 0.482. The summed E-state index contributed by atoms with van der Waals surface area (Å²) in [5.41, 5.74) is 2.41. The quantitative estimate of drug-likeness (QED) is 0.699. The van der Waals surface area contributed by atoms with Gasteiger partial charge in [-0.15, -0.1) is 0 Å². The molecular formula is C17H15ClN2O. The van der Waals surface area contributed by atoms with Crippen LogP contribution < -0.4 is 4.74 Å². The van der Waals surface area contributed by atoms with E-state index in [0.717, 1.165) is 5.75 Å². The van der Waals surface area contributed by atoms with Crippen molar-refractivity contribution in [2.75, 3.05) is 0 Å². The molecule has 106 valence electrons. The maximum absolute atomic E-state index is 6.35. The first kappa shape index (κ1) is 13.7. The number of ether oxygens (including phenoxy) is 1. The van der Waals surface area contributed by atoms with E-state index in [2.05, 4.69) is 24.2 Å². The third kappa shape index (κ3) is 3.09. The minimum atomic E-state index is 0.502. The summed E-state index contributed by atoms with van der Waals surface area (Å²) in [7, 11) is 0. The molecule has 0 saturated carbocycles. The Labute approximate surface area is 128 Å². The van der Waals surface area contributed by atoms with Crippen molar-refractivity contribution in [3.8, 4) is 11.5 Å². The minimum Gasteiger partial charge on any atom is -0.452 e. The van der Waals surface area contributed by atoms with Crippen LogP contribution in [-0.2, 0) is 6.54 Å². The van der Waals surface area contributed by atoms with Gasteiger partial charge in [0, 0.05) is 0 Å². The van der Waals surface area contributed by atoms with Gasteiger partial charge in [-0.25, -0.2) is 4.68 Å². The lowest BCUT2D eigenvalue weighted by atomic mass is 10.1. The summed E-state index contributed by atoms with van der Waals surface area (Å²) in [6, 6.07) is 17.7. The Morgan fingerprint density at radius 3 is 2.52 bits per heavy atom. The largest absolute Gasteiger partial charge is 0.452 e. The predicted octanol–water partition coefficient (Wildman–Crippen LogP) is 4.69. The summed E-state index contributed by atoms with van der Waals surface area (Å²) >= 11 is 6.35. The van der Waals surface area contributed by atoms with Crippen molar-refractivity contribution in [3.05, 3.63) is 77.1 Å². The van der Waals surface area contributed by atoms with Crippen LogP contribution in [-0.4, -0.2) is 9.78 Å². The third-order valence-electron chi connectivity index (χ3n) is 3.30. The number of aryl methyl sites for hydroxylation is 1. The van der Waals surface area contributed by atoms with Crippen molar-refractivity contribution < 1.29 is 4.74 Å². The molecule has 0 atom stereocenters. The van der Waals surface area contributed by atoms with Crippen LogP contribution in [0.2, 0.25) is 5.15 Å². The van der Waals surface area contributed by atoms with Gasteiger partial charge in [0.15, 0.2) is 10.9 Å². The highest BCUT2D eigenvalue weighted by Gasteiger charge is 2.11. The van der Waals surface area contributed by atoms with Crippen molar-refractivity contribution in [1.29, 1.82) is 0 Å². The molecule has 1 aromatic heterocycles. The fraction of sp³-hybridized carbons (Fsp3) is 0.118. The lowest BCUT2D eigenvalue weighted by Crippen LogP contribution is -2.03. The number of hydrogen-bond acceptors (Lipinski definition) is 2. The van der Waals surface area contributed by atoms with E-state index in [-0.39, 0.29) is 0 Å². The Morgan fingerprint density at radius 1 is 1.05 bits per heavy atom. The van der Waals surface area contributed by atoms with Crippen LogP contribution in [0.5, 0.6) is 11.5 Å². The first-order chi connectivity index (χ1) is 10.2. The maximum atomic E-state index is 6.35. The highest BCUT2D eigenvalue weighted by atomic mass is 35.5. The van der Waals surface area contributed by atoms with Crippen LogP contribution in [0, 0.1) is 6.92 Å². The first-order valence-electron chi connectivity index (χ1n) is 6.73. The molecular weight excluding hydrogens is 284 g/mol. The van der Waals surface area contributed by atoms with E-state index in [9.17, 15) is 0 Å². The summed E-state index contributed by atoms with van der Waals surface area (Å²) in [6.45, 7) is 2.71. The van der Waals surface area contributed by atoms with E-state index in [1.54, 1.807) is 10.9 Å². The summed E-state index contributed by atoms with van der Waals surface area (Å²) in [5, 5.41) is 4.81. The lowest BCUT2D eigenvalue weighted by Gasteiger charge is -2.07. The van der Waals surface area contributed by atoms with Gasteiger partial charge in [0.2, 0.25) is 0 Å². The molecule has 2 aromatic carbocycles. The molecule has 0 aliphatic carbocycles. The number of nitrogens with zero attached hydrogens (tertiary/aromatic N) is 2. The molecule has 0 bridgehead atoms. The molecule has 0 amide bonds. The molecule has 0 aliphatic heterocycles. The summed E-state index contributed by atoms with van der Waals surface area (Å²) in [6.07, 6.45) is 1.65. The number of aromatic nitrogens is 2. The van der Waals surface area contributed by atoms with E-state index in [1.807, 2.05) is 42.5 Å². The standard InChI is InChI=1S/C17H15ClN2O/c1-13-7-5-6-8-14(13)12-20-17(18)16(11-19-20)21-15-9-3-2-4-10-15/h2-11H,12H2,1H3. The third-order valence-corrected chi connectivity index (χ3v) is 3.68. The molecule has 0 saturated heterocycles. The zero-order valence-corrected chi connectivity index (χ0v) is 12.4. The highest BCUT2D eigenvalue weighted by Crippen LogP contribution is 2.29. The van der Waals surface area contributed by atoms with E-state index >= 15 is 0 Å². The van der Waals surface area contributed by atoms with Crippen molar-refractivity contribution in [1.82, 2.24) is 9.78 Å². The molecule has 0 unspecified atom stereocenters. The molecule has 0 fully saturated rings. The van der Waals surface area contributed by atoms with Crippen LogP contribution in [0.15, 0.2) is 60.8 Å². The SMILES string of the molecule is Cc1ccccc1Cn1ncc(Oc2ccccc2)c1Cl. The maximum Gasteiger partial charge on any atom is 0.184 e. The van der Waals surface area contributed by atoms with E-state index in [4.69, 9.17) is 16.3 Å². The number of para-hydroxylation sites is 1. The molecule has 21 heavy (non-hydrogen) atoms. The molecule has 0 spiro atoms. The smallest absolute Gasteiger partial charge is 0.184 e. The second-order valence-corrected chi connectivity index (χ2v) is 5.16. The summed E-state index contributed by atoms with van der Waals surface area (Å²) < 4.78 is 7.48. The fourth-order valence-electron chi connectivity index (χ4n) is 2.10. The summed E-state index contributed by atoms with van der Waals surface area (Å²) in [5.74, 6) is 1.31. The van der Waals surface area contributed by atoms with Crippen LogP contribution in [0.25, 0.3) is 0 Å². The topological polar surface area (TPSA) is 27.1 Å². The fourth-order valence-corrected chi connectivity index (χ4v) is 2.29. The average Bonchev–Trinajstić information content (AvgIpc) is 2.84. The molecule has 0 N–H and O–H groups in total. The van der Waals surface area contributed by atoms with Crippen LogP contribution in [0.3, 0.4) is 0 Å². The van der Waals surface area contributed by atoms with Crippen LogP contribution >= 0.6 is 11.6 Å². The van der Waals surface area contributed by atoms with Crippen LogP contribution in [0.1, 0.15) is 11.1 Å². The van der Waals surface area contributed by atoms with Gasteiger partial charge >= 0.3 is 0 Å². The van der Waals surface area contributed by atoms with Crippen LogP contribution in [0.4, 0.5) is 0 Å². The second-order valence-electron chi connectivity index (χ2n) is 4.80. The Morgan fingerprint density at radius 2 is 1.76 bits per heavy atom. The first-order valence-corrected chi connectivity index (χ1v) is 7.10. The normalized spacial score (nSPS) is 10.6. The number of halogens is 1. The number of rotatable bonds is 4. The van der Waals surface area contributed by atoms with Gasteiger partial charge in [-0.3, -0.25) is 0 Å². The van der Waals surface area contributed by atoms with Gasteiger partial charge in [-0.2, -0.15) is 5.10 Å². The van der Waals surface area contributed by atoms with Gasteiger partial charge in [-0.1, -0.05) is 54.1 Å². The average molecular weight is 299 g/mol. The Balaban J connectivity index is 1.81.